The fourth-order valence-corrected chi connectivity index (χ4v) is 2.28. The van der Waals surface area contributed by atoms with E-state index < -0.39 is 6.23 Å². The first-order valence-electron chi connectivity index (χ1n) is 9.39. The van der Waals surface area contributed by atoms with Gasteiger partial charge in [-0.3, -0.25) is 4.90 Å². The first kappa shape index (κ1) is 28.1. The van der Waals surface area contributed by atoms with E-state index in [1.54, 1.807) is 0 Å². The van der Waals surface area contributed by atoms with Crippen molar-refractivity contribution in [3.8, 4) is 0 Å². The molecule has 8 nitrogen and oxygen atoms in total. The lowest BCUT2D eigenvalue weighted by Crippen LogP contribution is -2.45. The zero-order valence-electron chi connectivity index (χ0n) is 17.2. The normalized spacial score (nSPS) is 17.8. The van der Waals surface area contributed by atoms with E-state index in [1.165, 1.54) is 0 Å². The Hall–Kier alpha value is -1.10. The molecule has 1 saturated heterocycles. The Morgan fingerprint density at radius 1 is 1.07 bits per heavy atom. The summed E-state index contributed by atoms with van der Waals surface area (Å²) in [6.45, 7) is 8.30. The number of hydrogen-bond donors (Lipinski definition) is 7. The van der Waals surface area contributed by atoms with Crippen molar-refractivity contribution < 1.29 is 20.5 Å². The van der Waals surface area contributed by atoms with Gasteiger partial charge >= 0.3 is 0 Å². The summed E-state index contributed by atoms with van der Waals surface area (Å²) in [5.41, 5.74) is 8.33. The van der Waals surface area contributed by atoms with Crippen LogP contribution in [0.5, 0.6) is 0 Å². The number of piperazine rings is 1. The number of rotatable bonds is 4. The molecule has 2 aliphatic rings. The summed E-state index contributed by atoms with van der Waals surface area (Å²) >= 11 is 0. The van der Waals surface area contributed by atoms with Crippen LogP contribution in [0.4, 0.5) is 0 Å². The topological polar surface area (TPSA) is 134 Å². The fourth-order valence-electron chi connectivity index (χ4n) is 2.28. The molecule has 160 valence electrons. The number of nitrogens with zero attached hydrogens (tertiary/aromatic N) is 1. The van der Waals surface area contributed by atoms with Gasteiger partial charge in [-0.1, -0.05) is 44.2 Å². The summed E-state index contributed by atoms with van der Waals surface area (Å²) in [7, 11) is 2.00. The molecule has 1 unspecified atom stereocenters. The molecule has 27 heavy (non-hydrogen) atoms. The molecule has 8 N–H and O–H groups in total. The highest BCUT2D eigenvalue weighted by Gasteiger charge is 2.40. The second-order valence-electron chi connectivity index (χ2n) is 5.67. The van der Waals surface area contributed by atoms with Crippen LogP contribution >= 0.6 is 0 Å². The molecular formula is C19H40N4O4. The Morgan fingerprint density at radius 2 is 1.56 bits per heavy atom. The number of hydroxylamine groups is 1. The number of hydrogen-bond acceptors (Lipinski definition) is 8. The number of benzene rings is 1. The summed E-state index contributed by atoms with van der Waals surface area (Å²) < 4.78 is 0. The number of aliphatic hydroxyl groups excluding tert-OH is 3. The van der Waals surface area contributed by atoms with Crippen molar-refractivity contribution in [3.05, 3.63) is 35.9 Å². The van der Waals surface area contributed by atoms with Gasteiger partial charge in [0.2, 0.25) is 0 Å². The SMILES string of the molecule is CC.CO.CO.NCC1(NO)CC1.OC(c1ccccc1)N1CCNCC1. The van der Waals surface area contributed by atoms with Crippen molar-refractivity contribution in [3.63, 3.8) is 0 Å². The smallest absolute Gasteiger partial charge is 0.133 e. The van der Waals surface area contributed by atoms with Crippen molar-refractivity contribution >= 4 is 0 Å². The number of nitrogens with one attached hydrogen (secondary N) is 2. The molecule has 1 heterocycles. The monoisotopic (exact) mass is 388 g/mol. The summed E-state index contributed by atoms with van der Waals surface area (Å²) in [6.07, 6.45) is 1.58. The third-order valence-corrected chi connectivity index (χ3v) is 4.08. The van der Waals surface area contributed by atoms with Gasteiger partial charge in [0, 0.05) is 46.9 Å². The highest BCUT2D eigenvalue weighted by atomic mass is 16.5. The number of aliphatic hydroxyl groups is 3. The van der Waals surface area contributed by atoms with Gasteiger partial charge in [0.25, 0.3) is 0 Å². The quantitative estimate of drug-likeness (QED) is 0.366. The van der Waals surface area contributed by atoms with Crippen LogP contribution in [0, 0.1) is 0 Å². The highest BCUT2D eigenvalue weighted by Crippen LogP contribution is 2.32. The van der Waals surface area contributed by atoms with Gasteiger partial charge in [-0.15, -0.1) is 0 Å². The molecule has 0 spiro atoms. The van der Waals surface area contributed by atoms with Crippen LogP contribution in [-0.2, 0) is 0 Å². The Kier molecular flexibility index (Phi) is 19.0. The van der Waals surface area contributed by atoms with Crippen LogP contribution in [0.2, 0.25) is 0 Å². The van der Waals surface area contributed by atoms with E-state index in [-0.39, 0.29) is 5.54 Å². The van der Waals surface area contributed by atoms with Crippen LogP contribution < -0.4 is 16.5 Å². The minimum atomic E-state index is -0.446. The van der Waals surface area contributed by atoms with Gasteiger partial charge in [0.15, 0.2) is 0 Å². The average molecular weight is 389 g/mol. The standard InChI is InChI=1S/C11H16N2O.C4H10N2O.C2H6.2CH4O/c14-11(10-4-2-1-3-5-10)13-8-6-12-7-9-13;5-3-4(6-7)1-2-4;3*1-2/h1-5,11-12,14H,6-9H2;6-7H,1-3,5H2;1-2H3;2*2H,1H3. The molecule has 3 rings (SSSR count). The molecule has 1 aliphatic heterocycles. The van der Waals surface area contributed by atoms with E-state index in [0.29, 0.717) is 6.54 Å². The molecule has 8 heteroatoms. The zero-order chi connectivity index (χ0) is 21.1. The minimum absolute atomic E-state index is 0.0833. The van der Waals surface area contributed by atoms with Crippen LogP contribution in [0.3, 0.4) is 0 Å². The molecule has 1 atom stereocenters. The third kappa shape index (κ3) is 11.4. The predicted molar refractivity (Wildman–Crippen MR) is 109 cm³/mol. The minimum Gasteiger partial charge on any atom is -0.400 e. The molecule has 0 aromatic heterocycles. The van der Waals surface area contributed by atoms with Crippen molar-refractivity contribution in [2.75, 3.05) is 46.9 Å². The van der Waals surface area contributed by atoms with Gasteiger partial charge in [-0.05, 0) is 18.4 Å². The summed E-state index contributed by atoms with van der Waals surface area (Å²) in [4.78, 5) is 2.09. The zero-order valence-corrected chi connectivity index (χ0v) is 17.2. The van der Waals surface area contributed by atoms with Crippen LogP contribution in [0.25, 0.3) is 0 Å². The lowest BCUT2D eigenvalue weighted by molar-refractivity contribution is -0.00545. The maximum Gasteiger partial charge on any atom is 0.133 e. The van der Waals surface area contributed by atoms with Crippen molar-refractivity contribution in [1.82, 2.24) is 15.7 Å². The van der Waals surface area contributed by atoms with Gasteiger partial charge in [-0.2, -0.15) is 5.48 Å². The molecule has 1 aromatic carbocycles. The lowest BCUT2D eigenvalue weighted by Gasteiger charge is -2.31. The second-order valence-corrected chi connectivity index (χ2v) is 5.67. The summed E-state index contributed by atoms with van der Waals surface area (Å²) in [6, 6.07) is 9.81. The van der Waals surface area contributed by atoms with Gasteiger partial charge in [-0.25, -0.2) is 0 Å². The molecule has 2 fully saturated rings. The Labute approximate surface area is 164 Å². The molecule has 0 bridgehead atoms. The van der Waals surface area contributed by atoms with Crippen molar-refractivity contribution in [1.29, 1.82) is 0 Å². The Bertz CT molecular complexity index is 407. The van der Waals surface area contributed by atoms with E-state index in [0.717, 1.165) is 58.8 Å². The van der Waals surface area contributed by atoms with E-state index in [1.807, 2.05) is 44.2 Å². The first-order valence-corrected chi connectivity index (χ1v) is 9.39. The lowest BCUT2D eigenvalue weighted by atomic mass is 10.1. The molecule has 1 aliphatic carbocycles. The summed E-state index contributed by atoms with van der Waals surface area (Å²) in [5.74, 6) is 0. The predicted octanol–water partition coefficient (Wildman–Crippen LogP) is 0.282. The molecule has 0 radical (unpaired) electrons. The maximum absolute atomic E-state index is 10.0. The molecular weight excluding hydrogens is 348 g/mol. The van der Waals surface area contributed by atoms with E-state index >= 15 is 0 Å². The van der Waals surface area contributed by atoms with Crippen LogP contribution in [0.15, 0.2) is 30.3 Å². The second kappa shape index (κ2) is 18.3. The van der Waals surface area contributed by atoms with Gasteiger partial charge in [0.1, 0.15) is 6.23 Å². The van der Waals surface area contributed by atoms with Crippen molar-refractivity contribution in [2.24, 2.45) is 5.73 Å². The molecule has 0 amide bonds. The fraction of sp³-hybridized carbons (Fsp3) is 0.684. The third-order valence-electron chi connectivity index (χ3n) is 4.08. The first-order chi connectivity index (χ1) is 13.2. The van der Waals surface area contributed by atoms with E-state index in [2.05, 4.69) is 15.7 Å². The van der Waals surface area contributed by atoms with E-state index in [9.17, 15) is 5.11 Å². The maximum atomic E-state index is 10.0. The van der Waals surface area contributed by atoms with Gasteiger partial charge < -0.3 is 31.6 Å². The molecule has 1 saturated carbocycles. The number of nitrogens with two attached hydrogens (primary N) is 1. The van der Waals surface area contributed by atoms with Gasteiger partial charge in [0.05, 0.1) is 5.54 Å². The Morgan fingerprint density at radius 3 is 1.89 bits per heavy atom. The highest BCUT2D eigenvalue weighted by molar-refractivity contribution is 5.17. The summed E-state index contributed by atoms with van der Waals surface area (Å²) in [5, 5.41) is 35.6. The molecule has 1 aromatic rings. The van der Waals surface area contributed by atoms with Crippen LogP contribution in [0.1, 0.15) is 38.5 Å². The van der Waals surface area contributed by atoms with Crippen LogP contribution in [-0.4, -0.2) is 77.9 Å². The largest absolute Gasteiger partial charge is 0.400 e. The average Bonchev–Trinajstić information content (AvgIpc) is 3.60. The Balaban J connectivity index is 0. The van der Waals surface area contributed by atoms with Crippen molar-refractivity contribution in [2.45, 2.75) is 38.5 Å². The van der Waals surface area contributed by atoms with E-state index in [4.69, 9.17) is 21.2 Å².